The minimum absolute atomic E-state index is 0.0210. The van der Waals surface area contributed by atoms with Crippen LogP contribution in [0.2, 0.25) is 0 Å². The van der Waals surface area contributed by atoms with E-state index >= 15 is 0 Å². The van der Waals surface area contributed by atoms with Gasteiger partial charge in [0, 0.05) is 5.41 Å². The van der Waals surface area contributed by atoms with Crippen molar-refractivity contribution in [3.63, 3.8) is 0 Å². The van der Waals surface area contributed by atoms with Crippen LogP contribution < -0.4 is 0 Å². The lowest BCUT2D eigenvalue weighted by molar-refractivity contribution is 0.644. The number of benzene rings is 4. The predicted molar refractivity (Wildman–Crippen MR) is 130 cm³/mol. The fourth-order valence-corrected chi connectivity index (χ4v) is 5.31. The Morgan fingerprint density at radius 1 is 0.733 bits per heavy atom. The van der Waals surface area contributed by atoms with Gasteiger partial charge >= 0.3 is 0 Å². The summed E-state index contributed by atoms with van der Waals surface area (Å²) in [5.41, 5.74) is 9.86. The molecule has 0 aliphatic heterocycles. The number of hydrogen-bond acceptors (Lipinski definition) is 0. The van der Waals surface area contributed by atoms with Gasteiger partial charge in [-0.05, 0) is 68.1 Å². The Hall–Kier alpha value is -2.86. The second-order valence-corrected chi connectivity index (χ2v) is 9.41. The van der Waals surface area contributed by atoms with Crippen molar-refractivity contribution < 1.29 is 0 Å². The van der Waals surface area contributed by atoms with E-state index in [9.17, 15) is 0 Å². The molecule has 0 amide bonds. The Morgan fingerprint density at radius 2 is 1.43 bits per heavy atom. The first-order valence-electron chi connectivity index (χ1n) is 11.3. The monoisotopic (exact) mass is 390 g/mol. The van der Waals surface area contributed by atoms with Gasteiger partial charge in [0.2, 0.25) is 0 Å². The molecule has 0 radical (unpaired) electrons. The van der Waals surface area contributed by atoms with E-state index in [0.717, 1.165) is 0 Å². The first kappa shape index (κ1) is 19.1. The molecule has 0 nitrogen and oxygen atoms in total. The first-order chi connectivity index (χ1) is 14.5. The van der Waals surface area contributed by atoms with Crippen LogP contribution in [0.4, 0.5) is 0 Å². The summed E-state index contributed by atoms with van der Waals surface area (Å²) in [4.78, 5) is 0. The Bertz CT molecular complexity index is 1240. The van der Waals surface area contributed by atoms with E-state index in [1.165, 1.54) is 62.6 Å². The SMILES string of the molecule is CCCC(C)c1ccc2c(c1)C(C)(C)c1cc(-c3cccc4ccccc34)ccc1-2. The van der Waals surface area contributed by atoms with Gasteiger partial charge in [0.05, 0.1) is 0 Å². The zero-order valence-electron chi connectivity index (χ0n) is 18.5. The van der Waals surface area contributed by atoms with Crippen LogP contribution in [0.25, 0.3) is 33.0 Å². The molecular formula is C30H30. The zero-order valence-corrected chi connectivity index (χ0v) is 18.5. The maximum Gasteiger partial charge on any atom is 0.0159 e. The highest BCUT2D eigenvalue weighted by atomic mass is 14.4. The smallest absolute Gasteiger partial charge is 0.0159 e. The van der Waals surface area contributed by atoms with Crippen LogP contribution in [0.1, 0.15) is 63.1 Å². The summed E-state index contributed by atoms with van der Waals surface area (Å²) >= 11 is 0. The number of hydrogen-bond donors (Lipinski definition) is 0. The third kappa shape index (κ3) is 2.89. The fraction of sp³-hybridized carbons (Fsp3) is 0.267. The lowest BCUT2D eigenvalue weighted by Crippen LogP contribution is -2.15. The molecular weight excluding hydrogens is 360 g/mol. The summed E-state index contributed by atoms with van der Waals surface area (Å²) in [6.45, 7) is 9.41. The summed E-state index contributed by atoms with van der Waals surface area (Å²) in [5.74, 6) is 0.617. The third-order valence-corrected chi connectivity index (χ3v) is 7.09. The highest BCUT2D eigenvalue weighted by Crippen LogP contribution is 2.50. The summed E-state index contributed by atoms with van der Waals surface area (Å²) in [6.07, 6.45) is 2.48. The van der Waals surface area contributed by atoms with E-state index in [1.54, 1.807) is 0 Å². The molecule has 1 unspecified atom stereocenters. The second-order valence-electron chi connectivity index (χ2n) is 9.41. The van der Waals surface area contributed by atoms with Gasteiger partial charge in [0.25, 0.3) is 0 Å². The van der Waals surface area contributed by atoms with Crippen molar-refractivity contribution in [1.82, 2.24) is 0 Å². The van der Waals surface area contributed by atoms with Crippen molar-refractivity contribution in [2.24, 2.45) is 0 Å². The topological polar surface area (TPSA) is 0 Å². The third-order valence-electron chi connectivity index (χ3n) is 7.09. The van der Waals surface area contributed by atoms with Crippen molar-refractivity contribution in [1.29, 1.82) is 0 Å². The normalized spacial score (nSPS) is 15.1. The molecule has 30 heavy (non-hydrogen) atoms. The predicted octanol–water partition coefficient (Wildman–Crippen LogP) is 8.72. The Kier molecular flexibility index (Phi) is 4.54. The van der Waals surface area contributed by atoms with Crippen LogP contribution in [0.5, 0.6) is 0 Å². The van der Waals surface area contributed by atoms with E-state index in [0.29, 0.717) is 5.92 Å². The summed E-state index contributed by atoms with van der Waals surface area (Å²) < 4.78 is 0. The van der Waals surface area contributed by atoms with Gasteiger partial charge in [-0.3, -0.25) is 0 Å². The van der Waals surface area contributed by atoms with Crippen molar-refractivity contribution in [2.75, 3.05) is 0 Å². The fourth-order valence-electron chi connectivity index (χ4n) is 5.31. The van der Waals surface area contributed by atoms with Gasteiger partial charge in [-0.1, -0.05) is 107 Å². The standard InChI is InChI=1S/C30H30/c1-5-9-20(2)22-14-16-26-27-17-15-23(19-29(27)30(3,4)28(26)18-22)25-13-8-11-21-10-6-7-12-24(21)25/h6-8,10-20H,5,9H2,1-4H3. The molecule has 0 aromatic heterocycles. The Labute approximate surface area is 180 Å². The highest BCUT2D eigenvalue weighted by Gasteiger charge is 2.36. The van der Waals surface area contributed by atoms with Gasteiger partial charge in [0.1, 0.15) is 0 Å². The lowest BCUT2D eigenvalue weighted by Gasteiger charge is -2.23. The quantitative estimate of drug-likeness (QED) is 0.327. The molecule has 0 spiro atoms. The molecule has 0 N–H and O–H groups in total. The molecule has 0 saturated heterocycles. The average Bonchev–Trinajstić information content (AvgIpc) is 3.00. The van der Waals surface area contributed by atoms with E-state index in [4.69, 9.17) is 0 Å². The summed E-state index contributed by atoms with van der Waals surface area (Å²) in [7, 11) is 0. The maximum atomic E-state index is 2.48. The van der Waals surface area contributed by atoms with Crippen LogP contribution in [0.3, 0.4) is 0 Å². The Balaban J connectivity index is 1.64. The molecule has 5 rings (SSSR count). The molecule has 0 bridgehead atoms. The van der Waals surface area contributed by atoms with Crippen molar-refractivity contribution in [2.45, 2.75) is 51.9 Å². The first-order valence-corrected chi connectivity index (χ1v) is 11.3. The van der Waals surface area contributed by atoms with E-state index in [2.05, 4.69) is 107 Å². The molecule has 150 valence electrons. The molecule has 4 aromatic carbocycles. The molecule has 1 atom stereocenters. The maximum absolute atomic E-state index is 2.48. The molecule has 0 fully saturated rings. The molecule has 4 aromatic rings. The highest BCUT2D eigenvalue weighted by molar-refractivity contribution is 5.97. The largest absolute Gasteiger partial charge is 0.0654 e. The zero-order chi connectivity index (χ0) is 20.9. The van der Waals surface area contributed by atoms with E-state index < -0.39 is 0 Å². The lowest BCUT2D eigenvalue weighted by atomic mass is 9.80. The van der Waals surface area contributed by atoms with Gasteiger partial charge in [-0.2, -0.15) is 0 Å². The average molecular weight is 391 g/mol. The van der Waals surface area contributed by atoms with Crippen molar-refractivity contribution >= 4 is 10.8 Å². The molecule has 0 saturated carbocycles. The van der Waals surface area contributed by atoms with Gasteiger partial charge in [-0.25, -0.2) is 0 Å². The minimum Gasteiger partial charge on any atom is -0.0654 e. The van der Waals surface area contributed by atoms with Crippen LogP contribution in [-0.2, 0) is 5.41 Å². The van der Waals surface area contributed by atoms with Crippen LogP contribution in [-0.4, -0.2) is 0 Å². The number of fused-ring (bicyclic) bond motifs is 4. The van der Waals surface area contributed by atoms with Crippen molar-refractivity contribution in [3.05, 3.63) is 95.6 Å². The Morgan fingerprint density at radius 3 is 2.23 bits per heavy atom. The molecule has 1 aliphatic rings. The van der Waals surface area contributed by atoms with Crippen LogP contribution in [0, 0.1) is 0 Å². The van der Waals surface area contributed by atoms with Crippen LogP contribution >= 0.6 is 0 Å². The van der Waals surface area contributed by atoms with Crippen LogP contribution in [0.15, 0.2) is 78.9 Å². The van der Waals surface area contributed by atoms with Gasteiger partial charge in [-0.15, -0.1) is 0 Å². The molecule has 0 heteroatoms. The van der Waals surface area contributed by atoms with Crippen molar-refractivity contribution in [3.8, 4) is 22.3 Å². The van der Waals surface area contributed by atoms with Gasteiger partial charge in [0.15, 0.2) is 0 Å². The summed E-state index contributed by atoms with van der Waals surface area (Å²) in [6, 6.07) is 29.6. The van der Waals surface area contributed by atoms with Gasteiger partial charge < -0.3 is 0 Å². The second kappa shape index (κ2) is 7.13. The molecule has 0 heterocycles. The van der Waals surface area contributed by atoms with E-state index in [-0.39, 0.29) is 5.41 Å². The number of rotatable bonds is 4. The van der Waals surface area contributed by atoms with E-state index in [1.807, 2.05) is 0 Å². The minimum atomic E-state index is 0.0210. The summed E-state index contributed by atoms with van der Waals surface area (Å²) in [5, 5.41) is 2.62. The molecule has 1 aliphatic carbocycles.